The first kappa shape index (κ1) is 16.9. The standard InChI is InChI=1S/C21H19F2NO2/c1-24(11-13-5-6-18(22)19(23)7-13)12-16-10-21(25)26-20-9-15-4-2-3-14(15)8-17(16)20/h5-10H,2-4,11-12H2,1H3. The number of halogens is 2. The van der Waals surface area contributed by atoms with E-state index in [4.69, 9.17) is 4.42 Å². The topological polar surface area (TPSA) is 33.5 Å². The van der Waals surface area contributed by atoms with Crippen molar-refractivity contribution < 1.29 is 13.2 Å². The van der Waals surface area contributed by atoms with Crippen molar-refractivity contribution in [3.63, 3.8) is 0 Å². The number of nitrogens with zero attached hydrogens (tertiary/aromatic N) is 1. The minimum atomic E-state index is -0.850. The molecule has 0 bridgehead atoms. The Kier molecular flexibility index (Phi) is 4.32. The Morgan fingerprint density at radius 1 is 1.00 bits per heavy atom. The van der Waals surface area contributed by atoms with Crippen molar-refractivity contribution in [1.82, 2.24) is 4.90 Å². The Morgan fingerprint density at radius 2 is 1.77 bits per heavy atom. The fourth-order valence-electron chi connectivity index (χ4n) is 3.72. The van der Waals surface area contributed by atoms with Crippen LogP contribution in [-0.4, -0.2) is 11.9 Å². The molecule has 5 heteroatoms. The van der Waals surface area contributed by atoms with E-state index in [0.717, 1.165) is 36.3 Å². The highest BCUT2D eigenvalue weighted by atomic mass is 19.2. The van der Waals surface area contributed by atoms with Crippen molar-refractivity contribution in [3.8, 4) is 0 Å². The molecule has 3 aromatic rings. The molecule has 0 N–H and O–H groups in total. The molecule has 1 aromatic heterocycles. The molecular weight excluding hydrogens is 336 g/mol. The minimum Gasteiger partial charge on any atom is -0.423 e. The van der Waals surface area contributed by atoms with Crippen LogP contribution in [-0.2, 0) is 25.9 Å². The molecule has 0 spiro atoms. The summed E-state index contributed by atoms with van der Waals surface area (Å²) in [5.41, 5.74) is 4.39. The first-order valence-electron chi connectivity index (χ1n) is 8.70. The van der Waals surface area contributed by atoms with E-state index >= 15 is 0 Å². The third kappa shape index (κ3) is 3.27. The summed E-state index contributed by atoms with van der Waals surface area (Å²) >= 11 is 0. The lowest BCUT2D eigenvalue weighted by molar-refractivity contribution is 0.318. The number of rotatable bonds is 4. The predicted octanol–water partition coefficient (Wildman–Crippen LogP) is 4.19. The van der Waals surface area contributed by atoms with Crippen molar-refractivity contribution >= 4 is 11.0 Å². The van der Waals surface area contributed by atoms with Gasteiger partial charge in [-0.05, 0) is 72.8 Å². The fourth-order valence-corrected chi connectivity index (χ4v) is 3.72. The number of aryl methyl sites for hydroxylation is 2. The molecule has 26 heavy (non-hydrogen) atoms. The van der Waals surface area contributed by atoms with Crippen molar-refractivity contribution in [1.29, 1.82) is 0 Å². The summed E-state index contributed by atoms with van der Waals surface area (Å²) in [7, 11) is 1.88. The van der Waals surface area contributed by atoms with Crippen LogP contribution in [0.1, 0.15) is 28.7 Å². The zero-order valence-corrected chi connectivity index (χ0v) is 14.5. The normalized spacial score (nSPS) is 13.5. The van der Waals surface area contributed by atoms with E-state index in [9.17, 15) is 13.6 Å². The van der Waals surface area contributed by atoms with Gasteiger partial charge in [-0.1, -0.05) is 6.07 Å². The summed E-state index contributed by atoms with van der Waals surface area (Å²) in [5.74, 6) is -1.70. The van der Waals surface area contributed by atoms with Gasteiger partial charge in [-0.3, -0.25) is 4.90 Å². The average molecular weight is 355 g/mol. The van der Waals surface area contributed by atoms with Gasteiger partial charge in [0.15, 0.2) is 11.6 Å². The quantitative estimate of drug-likeness (QED) is 0.658. The maximum Gasteiger partial charge on any atom is 0.336 e. The molecule has 0 fully saturated rings. The molecule has 2 aromatic carbocycles. The van der Waals surface area contributed by atoms with Crippen LogP contribution in [0, 0.1) is 11.6 Å². The highest BCUT2D eigenvalue weighted by Gasteiger charge is 2.16. The number of benzene rings is 2. The monoisotopic (exact) mass is 355 g/mol. The molecule has 3 nitrogen and oxygen atoms in total. The lowest BCUT2D eigenvalue weighted by Gasteiger charge is -2.18. The average Bonchev–Trinajstić information content (AvgIpc) is 3.03. The van der Waals surface area contributed by atoms with E-state index in [2.05, 4.69) is 6.07 Å². The number of hydrogen-bond donors (Lipinski definition) is 0. The largest absolute Gasteiger partial charge is 0.423 e. The maximum absolute atomic E-state index is 13.4. The van der Waals surface area contributed by atoms with Crippen molar-refractivity contribution in [2.75, 3.05) is 7.05 Å². The van der Waals surface area contributed by atoms with E-state index in [-0.39, 0.29) is 5.63 Å². The SMILES string of the molecule is CN(Cc1ccc(F)c(F)c1)Cc1cc(=O)oc2cc3c(cc12)CCC3. The highest BCUT2D eigenvalue weighted by Crippen LogP contribution is 2.29. The molecule has 0 saturated heterocycles. The second-order valence-electron chi connectivity index (χ2n) is 6.98. The van der Waals surface area contributed by atoms with Gasteiger partial charge in [0.2, 0.25) is 0 Å². The Balaban J connectivity index is 1.63. The molecule has 134 valence electrons. The van der Waals surface area contributed by atoms with Crippen LogP contribution in [0.3, 0.4) is 0 Å². The van der Waals surface area contributed by atoms with Crippen molar-refractivity contribution in [3.05, 3.63) is 80.7 Å². The molecule has 1 heterocycles. The molecule has 0 amide bonds. The van der Waals surface area contributed by atoms with Gasteiger partial charge < -0.3 is 4.42 Å². The van der Waals surface area contributed by atoms with Gasteiger partial charge in [-0.2, -0.15) is 0 Å². The highest BCUT2D eigenvalue weighted by molar-refractivity contribution is 5.82. The Bertz CT molecular complexity index is 1040. The van der Waals surface area contributed by atoms with E-state index in [0.29, 0.717) is 24.2 Å². The van der Waals surface area contributed by atoms with Gasteiger partial charge in [0.25, 0.3) is 0 Å². The van der Waals surface area contributed by atoms with Crippen molar-refractivity contribution in [2.24, 2.45) is 0 Å². The second-order valence-corrected chi connectivity index (χ2v) is 6.98. The van der Waals surface area contributed by atoms with E-state index in [1.54, 1.807) is 6.07 Å². The van der Waals surface area contributed by atoms with Crippen LogP contribution < -0.4 is 5.63 Å². The smallest absolute Gasteiger partial charge is 0.336 e. The molecular formula is C21H19F2NO2. The maximum atomic E-state index is 13.4. The van der Waals surface area contributed by atoms with Crippen LogP contribution >= 0.6 is 0 Å². The molecule has 0 atom stereocenters. The molecule has 4 rings (SSSR count). The van der Waals surface area contributed by atoms with Crippen LogP contribution in [0.2, 0.25) is 0 Å². The molecule has 0 radical (unpaired) electrons. The summed E-state index contributed by atoms with van der Waals surface area (Å²) in [6.07, 6.45) is 3.20. The summed E-state index contributed by atoms with van der Waals surface area (Å²) < 4.78 is 31.9. The summed E-state index contributed by atoms with van der Waals surface area (Å²) in [5, 5.41) is 0.947. The second kappa shape index (κ2) is 6.65. The van der Waals surface area contributed by atoms with Gasteiger partial charge in [0.1, 0.15) is 5.58 Å². The van der Waals surface area contributed by atoms with Gasteiger partial charge in [-0.15, -0.1) is 0 Å². The van der Waals surface area contributed by atoms with Crippen LogP contribution in [0.15, 0.2) is 45.6 Å². The van der Waals surface area contributed by atoms with Crippen LogP contribution in [0.25, 0.3) is 11.0 Å². The van der Waals surface area contributed by atoms with Crippen molar-refractivity contribution in [2.45, 2.75) is 32.4 Å². The molecule has 1 aliphatic carbocycles. The summed E-state index contributed by atoms with van der Waals surface area (Å²) in [4.78, 5) is 13.9. The third-order valence-electron chi connectivity index (χ3n) is 4.92. The predicted molar refractivity (Wildman–Crippen MR) is 96.0 cm³/mol. The summed E-state index contributed by atoms with van der Waals surface area (Å²) in [6, 6.07) is 9.54. The molecule has 0 unspecified atom stereocenters. The van der Waals surface area contributed by atoms with Gasteiger partial charge in [0.05, 0.1) is 0 Å². The first-order chi connectivity index (χ1) is 12.5. The first-order valence-corrected chi connectivity index (χ1v) is 8.70. The lowest BCUT2D eigenvalue weighted by Crippen LogP contribution is -2.18. The van der Waals surface area contributed by atoms with Gasteiger partial charge in [0, 0.05) is 24.5 Å². The van der Waals surface area contributed by atoms with Gasteiger partial charge >= 0.3 is 5.63 Å². The van der Waals surface area contributed by atoms with E-state index in [1.165, 1.54) is 23.3 Å². The van der Waals surface area contributed by atoms with Crippen LogP contribution in [0.4, 0.5) is 8.78 Å². The Morgan fingerprint density at radius 3 is 2.54 bits per heavy atom. The number of hydrogen-bond acceptors (Lipinski definition) is 3. The lowest BCUT2D eigenvalue weighted by atomic mass is 10.0. The molecule has 0 aliphatic heterocycles. The van der Waals surface area contributed by atoms with Gasteiger partial charge in [-0.25, -0.2) is 13.6 Å². The zero-order chi connectivity index (χ0) is 18.3. The zero-order valence-electron chi connectivity index (χ0n) is 14.5. The van der Waals surface area contributed by atoms with E-state index in [1.807, 2.05) is 18.0 Å². The Hall–Kier alpha value is -2.53. The molecule has 1 aliphatic rings. The molecule has 0 saturated carbocycles. The number of fused-ring (bicyclic) bond motifs is 2. The Labute approximate surface area is 149 Å². The summed E-state index contributed by atoms with van der Waals surface area (Å²) in [6.45, 7) is 0.962. The third-order valence-corrected chi connectivity index (χ3v) is 4.92. The van der Waals surface area contributed by atoms with Crippen LogP contribution in [0.5, 0.6) is 0 Å². The van der Waals surface area contributed by atoms with E-state index < -0.39 is 11.6 Å². The minimum absolute atomic E-state index is 0.369. The fraction of sp³-hybridized carbons (Fsp3) is 0.286.